The Kier molecular flexibility index (Phi) is 60.3. The summed E-state index contributed by atoms with van der Waals surface area (Å²) in [7, 11) is -9.91. The van der Waals surface area contributed by atoms with Crippen LogP contribution in [0.5, 0.6) is 0 Å². The van der Waals surface area contributed by atoms with E-state index < -0.39 is 97.5 Å². The number of esters is 4. The van der Waals surface area contributed by atoms with Gasteiger partial charge < -0.3 is 33.8 Å². The Morgan fingerprint density at radius 3 is 0.780 bits per heavy atom. The zero-order valence-electron chi connectivity index (χ0n) is 59.5. The van der Waals surface area contributed by atoms with Gasteiger partial charge in [0.05, 0.1) is 26.4 Å². The largest absolute Gasteiger partial charge is 0.472 e. The highest BCUT2D eigenvalue weighted by molar-refractivity contribution is 7.47. The first-order valence-electron chi connectivity index (χ1n) is 37.3. The minimum Gasteiger partial charge on any atom is -0.462 e. The van der Waals surface area contributed by atoms with E-state index in [0.29, 0.717) is 25.7 Å². The molecular weight excluding hydrogens is 1200 g/mol. The van der Waals surface area contributed by atoms with Crippen molar-refractivity contribution in [3.05, 3.63) is 0 Å². The molecule has 0 heterocycles. The molecule has 91 heavy (non-hydrogen) atoms. The predicted molar refractivity (Wildman–Crippen MR) is 367 cm³/mol. The zero-order valence-corrected chi connectivity index (χ0v) is 61.3. The zero-order chi connectivity index (χ0) is 67.5. The second-order valence-corrected chi connectivity index (χ2v) is 30.3. The van der Waals surface area contributed by atoms with Crippen LogP contribution in [0.2, 0.25) is 0 Å². The van der Waals surface area contributed by atoms with Crippen molar-refractivity contribution in [1.82, 2.24) is 0 Å². The molecule has 0 aromatic heterocycles. The van der Waals surface area contributed by atoms with Crippen LogP contribution in [0, 0.1) is 23.7 Å². The summed E-state index contributed by atoms with van der Waals surface area (Å²) < 4.78 is 68.4. The second-order valence-electron chi connectivity index (χ2n) is 27.4. The second kappa shape index (κ2) is 61.6. The first kappa shape index (κ1) is 89.1. The molecule has 0 saturated heterocycles. The fraction of sp³-hybridized carbons (Fsp3) is 0.944. The van der Waals surface area contributed by atoms with E-state index in [9.17, 15) is 43.2 Å². The van der Waals surface area contributed by atoms with E-state index >= 15 is 0 Å². The quantitative estimate of drug-likeness (QED) is 0.0222. The maximum absolute atomic E-state index is 13.0. The molecule has 0 aromatic rings. The van der Waals surface area contributed by atoms with Crippen LogP contribution < -0.4 is 0 Å². The van der Waals surface area contributed by atoms with Crippen LogP contribution in [0.15, 0.2) is 0 Å². The summed E-state index contributed by atoms with van der Waals surface area (Å²) in [4.78, 5) is 72.7. The molecule has 0 aliphatic carbocycles. The van der Waals surface area contributed by atoms with Crippen LogP contribution >= 0.6 is 15.6 Å². The van der Waals surface area contributed by atoms with Gasteiger partial charge in [-0.1, -0.05) is 306 Å². The number of aliphatic hydroxyl groups is 1. The molecule has 0 aromatic carbocycles. The number of unbranched alkanes of at least 4 members (excludes halogenated alkanes) is 33. The van der Waals surface area contributed by atoms with Gasteiger partial charge in [0.1, 0.15) is 19.3 Å². The molecule has 0 rings (SSSR count). The Bertz CT molecular complexity index is 1800. The van der Waals surface area contributed by atoms with Crippen LogP contribution in [-0.2, 0) is 65.4 Å². The van der Waals surface area contributed by atoms with Crippen molar-refractivity contribution < 1.29 is 80.2 Å². The van der Waals surface area contributed by atoms with Crippen LogP contribution in [-0.4, -0.2) is 96.7 Å². The molecule has 3 N–H and O–H groups in total. The van der Waals surface area contributed by atoms with Crippen LogP contribution in [0.25, 0.3) is 0 Å². The SMILES string of the molecule is CCC(C)CCCCCCCCCCCCC(=O)O[C@H](COC(=O)CCCCCCCCCCCCCC(C)C)COP(=O)(O)OCC(O)COP(=O)(O)OC[C@@H](COC(=O)CCCCCCCCCCC(C)C)OC(=O)CCCCCCCCCCC(C)CC. The molecule has 0 fully saturated rings. The molecule has 0 spiro atoms. The summed E-state index contributed by atoms with van der Waals surface area (Å²) in [5.41, 5.74) is 0. The van der Waals surface area contributed by atoms with E-state index in [0.717, 1.165) is 114 Å². The average Bonchev–Trinajstić information content (AvgIpc) is 3.68. The lowest BCUT2D eigenvalue weighted by Gasteiger charge is -2.21. The van der Waals surface area contributed by atoms with Gasteiger partial charge in [-0.15, -0.1) is 0 Å². The molecule has 540 valence electrons. The van der Waals surface area contributed by atoms with Crippen LogP contribution in [0.1, 0.15) is 357 Å². The summed E-state index contributed by atoms with van der Waals surface area (Å²) in [6, 6.07) is 0. The molecular formula is C72H140O17P2. The number of hydrogen-bond donors (Lipinski definition) is 3. The van der Waals surface area contributed by atoms with Crippen molar-refractivity contribution >= 4 is 39.5 Å². The van der Waals surface area contributed by atoms with Crippen molar-refractivity contribution in [3.63, 3.8) is 0 Å². The van der Waals surface area contributed by atoms with Crippen molar-refractivity contribution in [1.29, 1.82) is 0 Å². The van der Waals surface area contributed by atoms with Gasteiger partial charge in [0.25, 0.3) is 0 Å². The topological polar surface area (TPSA) is 237 Å². The van der Waals surface area contributed by atoms with Gasteiger partial charge in [-0.05, 0) is 49.4 Å². The molecule has 0 radical (unpaired) electrons. The number of carbonyl (C=O) groups is 4. The molecule has 17 nitrogen and oxygen atoms in total. The van der Waals surface area contributed by atoms with E-state index in [2.05, 4.69) is 55.4 Å². The number of hydrogen-bond acceptors (Lipinski definition) is 15. The monoisotopic (exact) mass is 1340 g/mol. The van der Waals surface area contributed by atoms with Gasteiger partial charge in [0.2, 0.25) is 0 Å². The van der Waals surface area contributed by atoms with Crippen molar-refractivity contribution in [2.45, 2.75) is 375 Å². The maximum Gasteiger partial charge on any atom is 0.472 e. The van der Waals surface area contributed by atoms with Crippen LogP contribution in [0.4, 0.5) is 0 Å². The number of ether oxygens (including phenoxy) is 4. The van der Waals surface area contributed by atoms with Gasteiger partial charge in [0.15, 0.2) is 12.2 Å². The summed E-state index contributed by atoms with van der Waals surface area (Å²) in [6.07, 6.45) is 44.3. The number of rotatable bonds is 69. The maximum atomic E-state index is 13.0. The first-order chi connectivity index (χ1) is 43.7. The standard InChI is InChI=1S/C72H140O17P2/c1-9-64(7)50-42-34-26-17-14-15-19-30-38-46-54-71(76)88-67(58-82-69(74)52-44-36-28-18-13-11-12-16-24-32-40-48-62(3)4)60-86-90(78,79)84-56-66(73)57-85-91(80,81)87-61-68(59-83-70(75)53-45-37-29-22-20-25-33-41-49-63(5)6)89-72(77)55-47-39-31-23-21-27-35-43-51-65(8)10-2/h62-68,73H,9-61H2,1-8H3,(H,78,79)(H,80,81)/t64?,65?,66?,67-,68-/m1/s1. The minimum absolute atomic E-state index is 0.104. The third-order valence-electron chi connectivity index (χ3n) is 17.3. The van der Waals surface area contributed by atoms with Crippen molar-refractivity contribution in [3.8, 4) is 0 Å². The van der Waals surface area contributed by atoms with Gasteiger partial charge in [-0.2, -0.15) is 0 Å². The molecule has 0 aliphatic heterocycles. The van der Waals surface area contributed by atoms with E-state index in [1.54, 1.807) is 0 Å². The average molecular weight is 1340 g/mol. The van der Waals surface area contributed by atoms with E-state index in [4.69, 9.17) is 37.0 Å². The van der Waals surface area contributed by atoms with Gasteiger partial charge in [0, 0.05) is 25.7 Å². The highest BCUT2D eigenvalue weighted by Gasteiger charge is 2.30. The number of carbonyl (C=O) groups excluding carboxylic acids is 4. The third kappa shape index (κ3) is 63.9. The van der Waals surface area contributed by atoms with E-state index in [1.165, 1.54) is 161 Å². The normalized spacial score (nSPS) is 14.8. The molecule has 5 unspecified atom stereocenters. The highest BCUT2D eigenvalue weighted by atomic mass is 31.2. The van der Waals surface area contributed by atoms with E-state index in [-0.39, 0.29) is 25.7 Å². The first-order valence-corrected chi connectivity index (χ1v) is 40.3. The number of phosphoric ester groups is 2. The Hall–Kier alpha value is -1.94. The van der Waals surface area contributed by atoms with Gasteiger partial charge in [-0.3, -0.25) is 37.3 Å². The Morgan fingerprint density at radius 1 is 0.308 bits per heavy atom. The lowest BCUT2D eigenvalue weighted by atomic mass is 9.99. The highest BCUT2D eigenvalue weighted by Crippen LogP contribution is 2.45. The summed E-state index contributed by atoms with van der Waals surface area (Å²) in [5.74, 6) is 0.942. The van der Waals surface area contributed by atoms with Gasteiger partial charge >= 0.3 is 39.5 Å². The lowest BCUT2D eigenvalue weighted by Crippen LogP contribution is -2.30. The fourth-order valence-corrected chi connectivity index (χ4v) is 12.4. The Labute approximate surface area is 556 Å². The smallest absolute Gasteiger partial charge is 0.462 e. The molecule has 0 amide bonds. The summed E-state index contributed by atoms with van der Waals surface area (Å²) >= 11 is 0. The fourth-order valence-electron chi connectivity index (χ4n) is 10.8. The summed E-state index contributed by atoms with van der Waals surface area (Å²) in [5, 5.41) is 10.6. The Balaban J connectivity index is 5.28. The minimum atomic E-state index is -4.95. The number of aliphatic hydroxyl groups excluding tert-OH is 1. The molecule has 0 bridgehead atoms. The van der Waals surface area contributed by atoms with Crippen LogP contribution in [0.3, 0.4) is 0 Å². The molecule has 7 atom stereocenters. The van der Waals surface area contributed by atoms with Gasteiger partial charge in [-0.25, -0.2) is 9.13 Å². The lowest BCUT2D eigenvalue weighted by molar-refractivity contribution is -0.161. The molecule has 0 aliphatic rings. The van der Waals surface area contributed by atoms with Crippen molar-refractivity contribution in [2.75, 3.05) is 39.6 Å². The Morgan fingerprint density at radius 2 is 0.527 bits per heavy atom. The van der Waals surface area contributed by atoms with E-state index in [1.807, 2.05) is 0 Å². The van der Waals surface area contributed by atoms with Crippen molar-refractivity contribution in [2.24, 2.45) is 23.7 Å². The molecule has 19 heteroatoms. The number of phosphoric acid groups is 2. The summed E-state index contributed by atoms with van der Waals surface area (Å²) in [6.45, 7) is 14.2. The third-order valence-corrected chi connectivity index (χ3v) is 19.2. The predicted octanol–water partition coefficient (Wildman–Crippen LogP) is 20.5. The molecule has 0 saturated carbocycles.